The Labute approximate surface area is 129 Å². The lowest BCUT2D eigenvalue weighted by Crippen LogP contribution is -2.38. The summed E-state index contributed by atoms with van der Waals surface area (Å²) in [5.41, 5.74) is 1.88. The quantitative estimate of drug-likeness (QED) is 0.855. The molecule has 0 unspecified atom stereocenters. The van der Waals surface area contributed by atoms with Crippen LogP contribution in [0.4, 0.5) is 0 Å². The van der Waals surface area contributed by atoms with Gasteiger partial charge in [-0.15, -0.1) is 0 Å². The molecule has 0 bridgehead atoms. The minimum atomic E-state index is -0.158. The van der Waals surface area contributed by atoms with Crippen molar-refractivity contribution in [3.8, 4) is 0 Å². The second-order valence-corrected chi connectivity index (χ2v) is 5.21. The summed E-state index contributed by atoms with van der Waals surface area (Å²) < 4.78 is 1.69. The number of hydrogen-bond acceptors (Lipinski definition) is 3. The van der Waals surface area contributed by atoms with E-state index in [0.29, 0.717) is 6.54 Å². The molecule has 1 N–H and O–H groups in total. The van der Waals surface area contributed by atoms with Crippen molar-refractivity contribution < 1.29 is 9.59 Å². The van der Waals surface area contributed by atoms with Crippen molar-refractivity contribution in [2.24, 2.45) is 7.05 Å². The number of nitrogens with zero attached hydrogens (tertiary/aromatic N) is 3. The number of nitrogens with one attached hydrogen (secondary N) is 1. The van der Waals surface area contributed by atoms with Crippen LogP contribution in [0.1, 0.15) is 11.1 Å². The molecule has 0 radical (unpaired) electrons. The van der Waals surface area contributed by atoms with E-state index < -0.39 is 0 Å². The van der Waals surface area contributed by atoms with Gasteiger partial charge in [-0.3, -0.25) is 14.3 Å². The van der Waals surface area contributed by atoms with Gasteiger partial charge < -0.3 is 10.2 Å². The van der Waals surface area contributed by atoms with Gasteiger partial charge in [0.1, 0.15) is 0 Å². The van der Waals surface area contributed by atoms with Gasteiger partial charge in [0.25, 0.3) is 0 Å². The Hall–Kier alpha value is -2.63. The van der Waals surface area contributed by atoms with Crippen LogP contribution in [0.15, 0.2) is 42.7 Å². The Kier molecular flexibility index (Phi) is 5.30. The Morgan fingerprint density at radius 1 is 1.23 bits per heavy atom. The zero-order chi connectivity index (χ0) is 15.9. The molecule has 0 fully saturated rings. The minimum Gasteiger partial charge on any atom is -0.347 e. The van der Waals surface area contributed by atoms with Gasteiger partial charge in [0, 0.05) is 32.4 Å². The molecule has 0 saturated carbocycles. The third-order valence-electron chi connectivity index (χ3n) is 3.25. The van der Waals surface area contributed by atoms with Crippen LogP contribution in [0.2, 0.25) is 0 Å². The monoisotopic (exact) mass is 300 g/mol. The van der Waals surface area contributed by atoms with Crippen molar-refractivity contribution in [1.29, 1.82) is 0 Å². The van der Waals surface area contributed by atoms with Gasteiger partial charge in [-0.2, -0.15) is 5.10 Å². The zero-order valence-corrected chi connectivity index (χ0v) is 12.8. The number of benzene rings is 1. The maximum Gasteiger partial charge on any atom is 0.242 e. The van der Waals surface area contributed by atoms with E-state index in [4.69, 9.17) is 0 Å². The van der Waals surface area contributed by atoms with Crippen molar-refractivity contribution in [3.05, 3.63) is 53.9 Å². The summed E-state index contributed by atoms with van der Waals surface area (Å²) in [6.45, 7) is 0.476. The number of carbonyl (C=O) groups is 2. The summed E-state index contributed by atoms with van der Waals surface area (Å²) in [7, 11) is 3.54. The fourth-order valence-corrected chi connectivity index (χ4v) is 2.07. The molecule has 1 aromatic carbocycles. The number of carbonyl (C=O) groups excluding carboxylic acids is 2. The summed E-state index contributed by atoms with van der Waals surface area (Å²) in [4.78, 5) is 25.4. The first kappa shape index (κ1) is 15.8. The number of rotatable bonds is 6. The first-order valence-corrected chi connectivity index (χ1v) is 7.06. The van der Waals surface area contributed by atoms with Crippen LogP contribution in [-0.4, -0.2) is 40.1 Å². The maximum absolute atomic E-state index is 12.0. The lowest BCUT2D eigenvalue weighted by molar-refractivity contribution is -0.132. The molecular weight excluding hydrogens is 280 g/mol. The number of hydrogen-bond donors (Lipinski definition) is 1. The van der Waals surface area contributed by atoms with Gasteiger partial charge in [0.2, 0.25) is 11.8 Å². The van der Waals surface area contributed by atoms with Crippen LogP contribution in [0.25, 0.3) is 0 Å². The molecule has 0 aliphatic carbocycles. The highest BCUT2D eigenvalue weighted by atomic mass is 16.2. The predicted molar refractivity (Wildman–Crippen MR) is 82.8 cm³/mol. The van der Waals surface area contributed by atoms with E-state index >= 15 is 0 Å². The summed E-state index contributed by atoms with van der Waals surface area (Å²) in [6, 6.07) is 9.44. The van der Waals surface area contributed by atoms with Crippen molar-refractivity contribution in [3.63, 3.8) is 0 Å². The van der Waals surface area contributed by atoms with Crippen LogP contribution in [-0.2, 0) is 29.6 Å². The highest BCUT2D eigenvalue weighted by Gasteiger charge is 2.12. The number of amides is 2. The maximum atomic E-state index is 12.0. The Morgan fingerprint density at radius 3 is 2.59 bits per heavy atom. The third kappa shape index (κ3) is 4.73. The van der Waals surface area contributed by atoms with Gasteiger partial charge in [-0.05, 0) is 5.56 Å². The number of aromatic nitrogens is 2. The summed E-state index contributed by atoms with van der Waals surface area (Å²) in [6.07, 6.45) is 3.86. The molecule has 0 aliphatic rings. The van der Waals surface area contributed by atoms with Crippen LogP contribution in [0.5, 0.6) is 0 Å². The first-order valence-electron chi connectivity index (χ1n) is 7.06. The molecule has 0 aliphatic heterocycles. The molecule has 0 atom stereocenters. The largest absolute Gasteiger partial charge is 0.347 e. The lowest BCUT2D eigenvalue weighted by Gasteiger charge is -2.16. The smallest absolute Gasteiger partial charge is 0.242 e. The molecule has 116 valence electrons. The van der Waals surface area contributed by atoms with Crippen molar-refractivity contribution in [2.45, 2.75) is 13.0 Å². The predicted octanol–water partition coefficient (Wildman–Crippen LogP) is 0.737. The van der Waals surface area contributed by atoms with Crippen LogP contribution in [0, 0.1) is 0 Å². The lowest BCUT2D eigenvalue weighted by atomic mass is 10.1. The Balaban J connectivity index is 1.75. The molecule has 6 nitrogen and oxygen atoms in total. The Bertz CT molecular complexity index is 637. The molecule has 6 heteroatoms. The normalized spacial score (nSPS) is 10.3. The molecule has 2 amide bonds. The second-order valence-electron chi connectivity index (χ2n) is 5.21. The molecular formula is C16H20N4O2. The van der Waals surface area contributed by atoms with Gasteiger partial charge >= 0.3 is 0 Å². The van der Waals surface area contributed by atoms with E-state index in [9.17, 15) is 9.59 Å². The van der Waals surface area contributed by atoms with E-state index in [0.717, 1.165) is 11.1 Å². The van der Waals surface area contributed by atoms with E-state index in [1.54, 1.807) is 22.8 Å². The van der Waals surface area contributed by atoms with Gasteiger partial charge in [0.15, 0.2) is 0 Å². The highest BCUT2D eigenvalue weighted by Crippen LogP contribution is 2.02. The summed E-state index contributed by atoms with van der Waals surface area (Å²) >= 11 is 0. The third-order valence-corrected chi connectivity index (χ3v) is 3.25. The highest BCUT2D eigenvalue weighted by molar-refractivity contribution is 5.85. The van der Waals surface area contributed by atoms with Crippen molar-refractivity contribution >= 4 is 11.8 Å². The number of likely N-dealkylation sites (N-methyl/N-ethyl adjacent to an activating group) is 1. The second kappa shape index (κ2) is 7.40. The summed E-state index contributed by atoms with van der Waals surface area (Å²) in [5.74, 6) is -0.292. The fraction of sp³-hybridized carbons (Fsp3) is 0.312. The van der Waals surface area contributed by atoms with Crippen LogP contribution >= 0.6 is 0 Å². The minimum absolute atomic E-state index is 0.00241. The van der Waals surface area contributed by atoms with Crippen molar-refractivity contribution in [1.82, 2.24) is 20.0 Å². The first-order chi connectivity index (χ1) is 10.5. The SMILES string of the molecule is CN(Cc1cnn(C)c1)C(=O)CNC(=O)Cc1ccccc1. The molecule has 22 heavy (non-hydrogen) atoms. The molecule has 2 rings (SSSR count). The van der Waals surface area contributed by atoms with Gasteiger partial charge in [0.05, 0.1) is 19.2 Å². The topological polar surface area (TPSA) is 67.2 Å². The van der Waals surface area contributed by atoms with E-state index in [1.165, 1.54) is 0 Å². The van der Waals surface area contributed by atoms with Crippen molar-refractivity contribution in [2.75, 3.05) is 13.6 Å². The number of aryl methyl sites for hydroxylation is 1. The van der Waals surface area contributed by atoms with E-state index in [-0.39, 0.29) is 24.8 Å². The van der Waals surface area contributed by atoms with E-state index in [1.807, 2.05) is 43.6 Å². The average molecular weight is 300 g/mol. The zero-order valence-electron chi connectivity index (χ0n) is 12.8. The van der Waals surface area contributed by atoms with Crippen LogP contribution in [0.3, 0.4) is 0 Å². The molecule has 2 aromatic rings. The van der Waals surface area contributed by atoms with Crippen LogP contribution < -0.4 is 5.32 Å². The van der Waals surface area contributed by atoms with E-state index in [2.05, 4.69) is 10.4 Å². The standard InChI is InChI=1S/C16H20N4O2/c1-19(11-14-9-18-20(2)12-14)16(22)10-17-15(21)8-13-6-4-3-5-7-13/h3-7,9,12H,8,10-11H2,1-2H3,(H,17,21). The van der Waals surface area contributed by atoms with Gasteiger partial charge in [-0.25, -0.2) is 0 Å². The molecule has 1 aromatic heterocycles. The average Bonchev–Trinajstić information content (AvgIpc) is 2.91. The summed E-state index contributed by atoms with van der Waals surface area (Å²) in [5, 5.41) is 6.71. The van der Waals surface area contributed by atoms with Gasteiger partial charge in [-0.1, -0.05) is 30.3 Å². The molecule has 0 spiro atoms. The Morgan fingerprint density at radius 2 is 1.95 bits per heavy atom. The molecule has 0 saturated heterocycles. The fourth-order valence-electron chi connectivity index (χ4n) is 2.07. The molecule has 1 heterocycles.